The fraction of sp³-hybridized carbons (Fsp3) is 0.333. The number of methoxy groups -OCH3 is 2. The summed E-state index contributed by atoms with van der Waals surface area (Å²) in [5.74, 6) is 0.977. The number of rotatable bonds is 5. The minimum Gasteiger partial charge on any atom is -0.497 e. The quantitative estimate of drug-likeness (QED) is 0.821. The van der Waals surface area contributed by atoms with Gasteiger partial charge in [0.1, 0.15) is 16.5 Å². The van der Waals surface area contributed by atoms with Gasteiger partial charge in [-0.15, -0.1) is 0 Å². The third-order valence-electron chi connectivity index (χ3n) is 3.08. The molecule has 0 aliphatic carbocycles. The molecule has 1 N–H and O–H groups in total. The maximum absolute atomic E-state index is 12.7. The van der Waals surface area contributed by atoms with Crippen LogP contribution in [0.1, 0.15) is 31.1 Å². The first kappa shape index (κ1) is 18.1. The van der Waals surface area contributed by atoms with Gasteiger partial charge in [0.05, 0.1) is 25.5 Å². The molecule has 0 radical (unpaired) electrons. The molecule has 6 heteroatoms. The van der Waals surface area contributed by atoms with E-state index < -0.39 is 0 Å². The monoisotopic (exact) mass is 346 g/mol. The van der Waals surface area contributed by atoms with E-state index in [0.29, 0.717) is 27.8 Å². The summed E-state index contributed by atoms with van der Waals surface area (Å²) in [6, 6.07) is 8.78. The predicted molar refractivity (Wildman–Crippen MR) is 97.3 cm³/mol. The van der Waals surface area contributed by atoms with Gasteiger partial charge in [0.25, 0.3) is 5.91 Å². The number of amides is 1. The molecule has 24 heavy (non-hydrogen) atoms. The minimum absolute atomic E-state index is 0.0405. The number of thioether (sulfide) groups is 1. The second kappa shape index (κ2) is 7.57. The number of pyridine rings is 1. The van der Waals surface area contributed by atoms with Crippen molar-refractivity contribution in [2.75, 3.05) is 19.5 Å². The Morgan fingerprint density at radius 2 is 1.92 bits per heavy atom. The van der Waals surface area contributed by atoms with Gasteiger partial charge in [-0.3, -0.25) is 4.79 Å². The number of carbonyl (C=O) groups excluding carboxylic acids is 1. The molecule has 0 aliphatic heterocycles. The lowest BCUT2D eigenvalue weighted by Gasteiger charge is -2.19. The van der Waals surface area contributed by atoms with Crippen LogP contribution in [0.5, 0.6) is 11.5 Å². The molecule has 0 saturated heterocycles. The van der Waals surface area contributed by atoms with Gasteiger partial charge >= 0.3 is 0 Å². The predicted octanol–water partition coefficient (Wildman–Crippen LogP) is 4.24. The number of hydrogen-bond donors (Lipinski definition) is 1. The summed E-state index contributed by atoms with van der Waals surface area (Å²) in [6.07, 6.45) is 1.69. The molecule has 1 amide bonds. The van der Waals surface area contributed by atoms with Crippen LogP contribution in [0.15, 0.2) is 41.6 Å². The second-order valence-electron chi connectivity index (χ2n) is 6.09. The van der Waals surface area contributed by atoms with Crippen LogP contribution < -0.4 is 14.8 Å². The summed E-state index contributed by atoms with van der Waals surface area (Å²) >= 11 is 1.56. The highest BCUT2D eigenvalue weighted by atomic mass is 32.2. The van der Waals surface area contributed by atoms with E-state index in [9.17, 15) is 4.79 Å². The van der Waals surface area contributed by atoms with Crippen molar-refractivity contribution < 1.29 is 14.3 Å². The van der Waals surface area contributed by atoms with Crippen LogP contribution >= 0.6 is 11.8 Å². The maximum atomic E-state index is 12.7. The van der Waals surface area contributed by atoms with Crippen LogP contribution in [-0.4, -0.2) is 29.9 Å². The van der Waals surface area contributed by atoms with Crippen molar-refractivity contribution >= 4 is 23.4 Å². The summed E-state index contributed by atoms with van der Waals surface area (Å²) in [5.41, 5.74) is 1.12. The van der Waals surface area contributed by atoms with Crippen LogP contribution in [0.25, 0.3) is 0 Å². The Kier molecular flexibility index (Phi) is 5.72. The highest BCUT2D eigenvalue weighted by Gasteiger charge is 2.20. The number of aromatic nitrogens is 1. The number of carbonyl (C=O) groups is 1. The molecule has 0 aliphatic rings. The number of hydrogen-bond acceptors (Lipinski definition) is 5. The SMILES string of the molecule is COc1ccc(NC(=O)c2cccnc2SC(C)(C)C)c(OC)c1. The van der Waals surface area contributed by atoms with Gasteiger partial charge in [0, 0.05) is 17.0 Å². The van der Waals surface area contributed by atoms with Crippen LogP contribution in [0.3, 0.4) is 0 Å². The molecule has 0 fully saturated rings. The van der Waals surface area contributed by atoms with Gasteiger partial charge in [-0.05, 0) is 24.3 Å². The average Bonchev–Trinajstić information content (AvgIpc) is 2.54. The summed E-state index contributed by atoms with van der Waals surface area (Å²) in [5, 5.41) is 3.59. The highest BCUT2D eigenvalue weighted by molar-refractivity contribution is 8.00. The average molecular weight is 346 g/mol. The van der Waals surface area contributed by atoms with Gasteiger partial charge < -0.3 is 14.8 Å². The van der Waals surface area contributed by atoms with Crippen molar-refractivity contribution in [2.24, 2.45) is 0 Å². The van der Waals surface area contributed by atoms with Crippen molar-refractivity contribution in [3.05, 3.63) is 42.1 Å². The van der Waals surface area contributed by atoms with E-state index in [1.54, 1.807) is 62.5 Å². The Labute approximate surface area is 146 Å². The summed E-state index contributed by atoms with van der Waals surface area (Å²) in [6.45, 7) is 6.25. The third kappa shape index (κ3) is 4.64. The van der Waals surface area contributed by atoms with Crippen molar-refractivity contribution in [1.82, 2.24) is 4.98 Å². The number of ether oxygens (including phenoxy) is 2. The van der Waals surface area contributed by atoms with Crippen LogP contribution in [0.2, 0.25) is 0 Å². The normalized spacial score (nSPS) is 11.0. The van der Waals surface area contributed by atoms with E-state index in [4.69, 9.17) is 9.47 Å². The first-order chi connectivity index (χ1) is 11.3. The fourth-order valence-corrected chi connectivity index (χ4v) is 2.99. The molecule has 1 heterocycles. The number of anilines is 1. The smallest absolute Gasteiger partial charge is 0.258 e. The van der Waals surface area contributed by atoms with Gasteiger partial charge in [-0.1, -0.05) is 32.5 Å². The lowest BCUT2D eigenvalue weighted by Crippen LogP contribution is -2.16. The molecule has 2 aromatic rings. The first-order valence-corrected chi connectivity index (χ1v) is 8.33. The first-order valence-electron chi connectivity index (χ1n) is 7.51. The van der Waals surface area contributed by atoms with E-state index in [1.165, 1.54) is 0 Å². The molecule has 0 bridgehead atoms. The Morgan fingerprint density at radius 3 is 2.54 bits per heavy atom. The largest absolute Gasteiger partial charge is 0.497 e. The van der Waals surface area contributed by atoms with Gasteiger partial charge in [0.15, 0.2) is 0 Å². The number of nitrogens with zero attached hydrogens (tertiary/aromatic N) is 1. The maximum Gasteiger partial charge on any atom is 0.258 e. The summed E-state index contributed by atoms with van der Waals surface area (Å²) in [4.78, 5) is 17.0. The molecule has 1 aromatic heterocycles. The molecule has 0 saturated carbocycles. The van der Waals surface area contributed by atoms with Crippen molar-refractivity contribution in [3.63, 3.8) is 0 Å². The molecule has 1 aromatic carbocycles. The lowest BCUT2D eigenvalue weighted by molar-refractivity contribution is 0.102. The van der Waals surface area contributed by atoms with E-state index in [2.05, 4.69) is 31.1 Å². The zero-order chi connectivity index (χ0) is 17.7. The van der Waals surface area contributed by atoms with Crippen molar-refractivity contribution in [1.29, 1.82) is 0 Å². The molecule has 0 atom stereocenters. The van der Waals surface area contributed by atoms with Crippen LogP contribution in [-0.2, 0) is 0 Å². The topological polar surface area (TPSA) is 60.5 Å². The molecular formula is C18H22N2O3S. The Bertz CT molecular complexity index is 726. The summed E-state index contributed by atoms with van der Waals surface area (Å²) in [7, 11) is 3.13. The van der Waals surface area contributed by atoms with Crippen LogP contribution in [0, 0.1) is 0 Å². The summed E-state index contributed by atoms with van der Waals surface area (Å²) < 4.78 is 10.4. The van der Waals surface area contributed by atoms with E-state index >= 15 is 0 Å². The Hall–Kier alpha value is -2.21. The molecule has 128 valence electrons. The van der Waals surface area contributed by atoms with E-state index in [-0.39, 0.29) is 10.7 Å². The zero-order valence-corrected chi connectivity index (χ0v) is 15.4. The van der Waals surface area contributed by atoms with E-state index in [1.807, 2.05) is 0 Å². The van der Waals surface area contributed by atoms with Gasteiger partial charge in [-0.2, -0.15) is 0 Å². The Morgan fingerprint density at radius 1 is 1.17 bits per heavy atom. The molecule has 0 unspecified atom stereocenters. The highest BCUT2D eigenvalue weighted by Crippen LogP contribution is 2.34. The standard InChI is InChI=1S/C18H22N2O3S/c1-18(2,3)24-17-13(7-6-10-19-17)16(21)20-14-9-8-12(22-4)11-15(14)23-5/h6-11H,1-5H3,(H,20,21). The van der Waals surface area contributed by atoms with E-state index in [0.717, 1.165) is 0 Å². The lowest BCUT2D eigenvalue weighted by atomic mass is 10.2. The third-order valence-corrected chi connectivity index (χ3v) is 4.21. The van der Waals surface area contributed by atoms with Gasteiger partial charge in [0.2, 0.25) is 0 Å². The molecule has 5 nitrogen and oxygen atoms in total. The van der Waals surface area contributed by atoms with Crippen molar-refractivity contribution in [3.8, 4) is 11.5 Å². The van der Waals surface area contributed by atoms with Crippen molar-refractivity contribution in [2.45, 2.75) is 30.5 Å². The second-order valence-corrected chi connectivity index (χ2v) is 7.91. The molecule has 0 spiro atoms. The zero-order valence-electron chi connectivity index (χ0n) is 14.5. The molecule has 2 rings (SSSR count). The van der Waals surface area contributed by atoms with Crippen LogP contribution in [0.4, 0.5) is 5.69 Å². The number of benzene rings is 1. The molecular weight excluding hydrogens is 324 g/mol. The number of nitrogens with one attached hydrogen (secondary N) is 1. The van der Waals surface area contributed by atoms with Gasteiger partial charge in [-0.25, -0.2) is 4.98 Å². The minimum atomic E-state index is -0.224. The Balaban J connectivity index is 2.28. The fourth-order valence-electron chi connectivity index (χ4n) is 2.03.